The maximum Gasteiger partial charge on any atom is 0.186 e. The summed E-state index contributed by atoms with van der Waals surface area (Å²) < 4.78 is 0. The van der Waals surface area contributed by atoms with Gasteiger partial charge < -0.3 is 0 Å². The van der Waals surface area contributed by atoms with Crippen molar-refractivity contribution >= 4 is 22.5 Å². The monoisotopic (exact) mass is 330 g/mol. The van der Waals surface area contributed by atoms with Crippen molar-refractivity contribution in [2.45, 2.75) is 11.8 Å². The van der Waals surface area contributed by atoms with Gasteiger partial charge in [0.15, 0.2) is 5.78 Å². The van der Waals surface area contributed by atoms with Crippen molar-refractivity contribution in [3.8, 4) is 0 Å². The van der Waals surface area contributed by atoms with Crippen molar-refractivity contribution in [1.82, 2.24) is 0 Å². The molecule has 0 aromatic heterocycles. The minimum Gasteiger partial charge on any atom is -0.289 e. The number of hydrogen-bond acceptors (Lipinski definition) is 2. The normalized spacial score (nSPS) is 11.3. The minimum absolute atomic E-state index is 0.0223. The van der Waals surface area contributed by atoms with Crippen molar-refractivity contribution < 1.29 is 4.79 Å². The Morgan fingerprint density at radius 1 is 0.750 bits per heavy atom. The smallest absolute Gasteiger partial charge is 0.186 e. The van der Waals surface area contributed by atoms with Crippen LogP contribution in [-0.2, 0) is 0 Å². The highest BCUT2D eigenvalue weighted by molar-refractivity contribution is 8.08. The van der Waals surface area contributed by atoms with Crippen LogP contribution in [0.25, 0.3) is 4.91 Å². The van der Waals surface area contributed by atoms with E-state index >= 15 is 0 Å². The van der Waals surface area contributed by atoms with E-state index in [9.17, 15) is 4.79 Å². The van der Waals surface area contributed by atoms with E-state index in [0.717, 1.165) is 15.4 Å². The first-order valence-corrected chi connectivity index (χ1v) is 8.65. The maximum absolute atomic E-state index is 12.6. The Morgan fingerprint density at radius 3 is 1.88 bits per heavy atom. The Hall–Kier alpha value is -2.58. The maximum atomic E-state index is 12.6. The predicted octanol–water partition coefficient (Wildman–Crippen LogP) is 6.01. The van der Waals surface area contributed by atoms with Crippen molar-refractivity contribution in [2.75, 3.05) is 0 Å². The van der Waals surface area contributed by atoms with Crippen molar-refractivity contribution in [3.63, 3.8) is 0 Å². The Kier molecular flexibility index (Phi) is 5.29. The van der Waals surface area contributed by atoms with Crippen LogP contribution in [0.4, 0.5) is 0 Å². The molecular formula is C22H18OS. The lowest BCUT2D eigenvalue weighted by atomic mass is 10.1. The Bertz CT molecular complexity index is 834. The number of benzene rings is 3. The first kappa shape index (κ1) is 16.3. The van der Waals surface area contributed by atoms with Gasteiger partial charge in [-0.15, -0.1) is 0 Å². The molecule has 0 aliphatic heterocycles. The molecule has 0 N–H and O–H groups in total. The van der Waals surface area contributed by atoms with E-state index in [2.05, 4.69) is 31.2 Å². The lowest BCUT2D eigenvalue weighted by Crippen LogP contribution is -1.95. The van der Waals surface area contributed by atoms with Crippen LogP contribution in [0.2, 0.25) is 0 Å². The Labute approximate surface area is 147 Å². The van der Waals surface area contributed by atoms with E-state index in [0.29, 0.717) is 5.56 Å². The summed E-state index contributed by atoms with van der Waals surface area (Å²) >= 11 is 1.61. The second kappa shape index (κ2) is 7.80. The lowest BCUT2D eigenvalue weighted by Gasteiger charge is -2.08. The lowest BCUT2D eigenvalue weighted by molar-refractivity contribution is 0.104. The first-order chi connectivity index (χ1) is 11.7. The largest absolute Gasteiger partial charge is 0.289 e. The molecule has 3 aromatic carbocycles. The Morgan fingerprint density at radius 2 is 1.29 bits per heavy atom. The van der Waals surface area contributed by atoms with Gasteiger partial charge in [-0.1, -0.05) is 90.1 Å². The summed E-state index contributed by atoms with van der Waals surface area (Å²) in [5.41, 5.74) is 2.98. The molecular weight excluding hydrogens is 312 g/mol. The zero-order chi connectivity index (χ0) is 16.8. The molecule has 2 heteroatoms. The number of rotatable bonds is 5. The first-order valence-electron chi connectivity index (χ1n) is 7.83. The number of hydrogen-bond donors (Lipinski definition) is 0. The van der Waals surface area contributed by atoms with Crippen LogP contribution in [0.3, 0.4) is 0 Å². The highest BCUT2D eigenvalue weighted by Crippen LogP contribution is 2.34. The molecule has 24 heavy (non-hydrogen) atoms. The highest BCUT2D eigenvalue weighted by atomic mass is 32.2. The zero-order valence-corrected chi connectivity index (χ0v) is 14.3. The third-order valence-electron chi connectivity index (χ3n) is 3.63. The summed E-state index contributed by atoms with van der Waals surface area (Å²) in [7, 11) is 0. The van der Waals surface area contributed by atoms with Crippen LogP contribution in [0.5, 0.6) is 0 Å². The second-order valence-electron chi connectivity index (χ2n) is 5.52. The SMILES string of the molecule is Cc1ccc(SC(=CC(=O)c2ccccc2)c2ccccc2)cc1. The van der Waals surface area contributed by atoms with Gasteiger partial charge in [-0.3, -0.25) is 4.79 Å². The van der Waals surface area contributed by atoms with E-state index in [1.807, 2.05) is 60.7 Å². The molecule has 0 saturated heterocycles. The molecule has 0 aliphatic carbocycles. The van der Waals surface area contributed by atoms with Gasteiger partial charge >= 0.3 is 0 Å². The molecule has 3 rings (SSSR count). The summed E-state index contributed by atoms with van der Waals surface area (Å²) in [6.45, 7) is 2.07. The van der Waals surface area contributed by atoms with Crippen LogP contribution < -0.4 is 0 Å². The number of aryl methyl sites for hydroxylation is 1. The molecule has 3 aromatic rings. The zero-order valence-electron chi connectivity index (χ0n) is 13.5. The summed E-state index contributed by atoms with van der Waals surface area (Å²) in [4.78, 5) is 14.7. The van der Waals surface area contributed by atoms with Gasteiger partial charge in [0.1, 0.15) is 0 Å². The van der Waals surface area contributed by atoms with E-state index < -0.39 is 0 Å². The molecule has 0 fully saturated rings. The fourth-order valence-corrected chi connectivity index (χ4v) is 3.26. The van der Waals surface area contributed by atoms with Crippen LogP contribution in [0.15, 0.2) is 95.9 Å². The quantitative estimate of drug-likeness (QED) is 0.324. The molecule has 118 valence electrons. The van der Waals surface area contributed by atoms with Crippen LogP contribution >= 0.6 is 11.8 Å². The second-order valence-corrected chi connectivity index (χ2v) is 6.64. The van der Waals surface area contributed by atoms with E-state index in [4.69, 9.17) is 0 Å². The van der Waals surface area contributed by atoms with Gasteiger partial charge in [-0.25, -0.2) is 0 Å². The van der Waals surface area contributed by atoms with Gasteiger partial charge in [-0.05, 0) is 24.6 Å². The molecule has 0 radical (unpaired) electrons. The third kappa shape index (κ3) is 4.24. The van der Waals surface area contributed by atoms with Crippen molar-refractivity contribution in [3.05, 3.63) is 108 Å². The number of thioether (sulfide) groups is 1. The van der Waals surface area contributed by atoms with Crippen LogP contribution in [0.1, 0.15) is 21.5 Å². The molecule has 0 spiro atoms. The standard InChI is InChI=1S/C22H18OS/c1-17-12-14-20(15-13-17)24-22(19-10-6-3-7-11-19)16-21(23)18-8-4-2-5-9-18/h2-16H,1H3. The number of ketones is 1. The van der Waals surface area contributed by atoms with Crippen LogP contribution in [0, 0.1) is 6.92 Å². The average Bonchev–Trinajstić information content (AvgIpc) is 2.64. The van der Waals surface area contributed by atoms with Gasteiger partial charge in [0.25, 0.3) is 0 Å². The van der Waals surface area contributed by atoms with Gasteiger partial charge in [0.05, 0.1) is 0 Å². The molecule has 1 nitrogen and oxygen atoms in total. The van der Waals surface area contributed by atoms with E-state index in [1.54, 1.807) is 17.8 Å². The number of carbonyl (C=O) groups excluding carboxylic acids is 1. The summed E-state index contributed by atoms with van der Waals surface area (Å²) in [5.74, 6) is 0.0223. The fraction of sp³-hybridized carbons (Fsp3) is 0.0455. The number of allylic oxidation sites excluding steroid dienone is 1. The van der Waals surface area contributed by atoms with Gasteiger partial charge in [0.2, 0.25) is 0 Å². The minimum atomic E-state index is 0.0223. The van der Waals surface area contributed by atoms with Gasteiger partial charge in [0, 0.05) is 21.4 Å². The predicted molar refractivity (Wildman–Crippen MR) is 102 cm³/mol. The summed E-state index contributed by atoms with van der Waals surface area (Å²) in [6.07, 6.45) is 1.73. The van der Waals surface area contributed by atoms with Crippen molar-refractivity contribution in [1.29, 1.82) is 0 Å². The van der Waals surface area contributed by atoms with E-state index in [-0.39, 0.29) is 5.78 Å². The fourth-order valence-electron chi connectivity index (χ4n) is 2.31. The van der Waals surface area contributed by atoms with Crippen molar-refractivity contribution in [2.24, 2.45) is 0 Å². The molecule has 0 aliphatic rings. The topological polar surface area (TPSA) is 17.1 Å². The molecule has 0 saturated carbocycles. The molecule has 0 heterocycles. The summed E-state index contributed by atoms with van der Waals surface area (Å²) in [5, 5.41) is 0. The molecule has 0 atom stereocenters. The third-order valence-corrected chi connectivity index (χ3v) is 4.71. The van der Waals surface area contributed by atoms with Gasteiger partial charge in [-0.2, -0.15) is 0 Å². The molecule has 0 unspecified atom stereocenters. The van der Waals surface area contributed by atoms with E-state index in [1.165, 1.54) is 5.56 Å². The van der Waals surface area contributed by atoms with Crippen LogP contribution in [-0.4, -0.2) is 5.78 Å². The summed E-state index contributed by atoms with van der Waals surface area (Å²) in [6, 6.07) is 27.8. The Balaban J connectivity index is 1.94. The molecule has 0 amide bonds. The highest BCUT2D eigenvalue weighted by Gasteiger charge is 2.09. The number of carbonyl (C=O) groups is 1. The molecule has 0 bridgehead atoms. The average molecular weight is 330 g/mol.